The predicted molar refractivity (Wildman–Crippen MR) is 105 cm³/mol. The van der Waals surface area contributed by atoms with Gasteiger partial charge < -0.3 is 21.1 Å². The van der Waals surface area contributed by atoms with E-state index in [0.29, 0.717) is 24.7 Å². The molecule has 23 heavy (non-hydrogen) atoms. The van der Waals surface area contributed by atoms with Crippen molar-refractivity contribution in [1.29, 1.82) is 0 Å². The highest BCUT2D eigenvalue weighted by molar-refractivity contribution is 14.0. The molecule has 0 aliphatic rings. The summed E-state index contributed by atoms with van der Waals surface area (Å²) >= 11 is 0. The first-order chi connectivity index (χ1) is 10.5. The molecule has 0 bridgehead atoms. The Morgan fingerprint density at radius 3 is 2.65 bits per heavy atom. The second kappa shape index (κ2) is 12.0. The topological polar surface area (TPSA) is 85.8 Å². The molecule has 0 heterocycles. The van der Waals surface area contributed by atoms with E-state index in [-0.39, 0.29) is 35.6 Å². The molecule has 0 spiro atoms. The molecule has 0 aliphatic heterocycles. The number of guanidine groups is 1. The lowest BCUT2D eigenvalue weighted by Gasteiger charge is -2.13. The Kier molecular flexibility index (Phi) is 11.2. The Hall–Kier alpha value is -1.51. The molecule has 0 radical (unpaired) electrons. The first-order valence-corrected chi connectivity index (χ1v) is 7.65. The SMILES string of the molecule is CCNC(=NCCCNC(=O)c1cccc(O)c1)NC(C)C.I. The number of nitrogens with one attached hydrogen (secondary N) is 3. The van der Waals surface area contributed by atoms with Crippen molar-refractivity contribution in [3.8, 4) is 5.75 Å². The number of hydrogen-bond donors (Lipinski definition) is 4. The van der Waals surface area contributed by atoms with E-state index in [0.717, 1.165) is 18.9 Å². The molecule has 0 fully saturated rings. The minimum atomic E-state index is -0.188. The van der Waals surface area contributed by atoms with Crippen molar-refractivity contribution in [2.24, 2.45) is 4.99 Å². The predicted octanol–water partition coefficient (Wildman–Crippen LogP) is 2.09. The summed E-state index contributed by atoms with van der Waals surface area (Å²) in [6.45, 7) is 8.12. The summed E-state index contributed by atoms with van der Waals surface area (Å²) in [7, 11) is 0. The average molecular weight is 434 g/mol. The molecular weight excluding hydrogens is 407 g/mol. The normalized spacial score (nSPS) is 10.9. The van der Waals surface area contributed by atoms with Gasteiger partial charge in [0.25, 0.3) is 5.91 Å². The van der Waals surface area contributed by atoms with Gasteiger partial charge in [0.05, 0.1) is 0 Å². The van der Waals surface area contributed by atoms with Crippen molar-refractivity contribution in [2.75, 3.05) is 19.6 Å². The number of benzene rings is 1. The van der Waals surface area contributed by atoms with Gasteiger partial charge in [0.15, 0.2) is 5.96 Å². The van der Waals surface area contributed by atoms with Crippen LogP contribution in [-0.4, -0.2) is 42.6 Å². The zero-order valence-electron chi connectivity index (χ0n) is 13.9. The number of rotatable bonds is 7. The highest BCUT2D eigenvalue weighted by atomic mass is 127. The molecule has 0 aliphatic carbocycles. The van der Waals surface area contributed by atoms with Gasteiger partial charge in [-0.15, -0.1) is 24.0 Å². The van der Waals surface area contributed by atoms with Crippen LogP contribution in [0.25, 0.3) is 0 Å². The van der Waals surface area contributed by atoms with Crippen LogP contribution in [0.4, 0.5) is 0 Å². The van der Waals surface area contributed by atoms with Gasteiger partial charge in [-0.3, -0.25) is 9.79 Å². The zero-order chi connectivity index (χ0) is 16.4. The molecular formula is C16H27IN4O2. The van der Waals surface area contributed by atoms with Crippen molar-refractivity contribution in [3.63, 3.8) is 0 Å². The van der Waals surface area contributed by atoms with E-state index in [1.54, 1.807) is 12.1 Å². The van der Waals surface area contributed by atoms with Gasteiger partial charge >= 0.3 is 0 Å². The highest BCUT2D eigenvalue weighted by Crippen LogP contribution is 2.10. The van der Waals surface area contributed by atoms with Crippen LogP contribution in [0.1, 0.15) is 37.6 Å². The lowest BCUT2D eigenvalue weighted by Crippen LogP contribution is -2.41. The maximum atomic E-state index is 11.9. The van der Waals surface area contributed by atoms with E-state index in [1.165, 1.54) is 12.1 Å². The molecule has 6 nitrogen and oxygen atoms in total. The number of phenolic OH excluding ortho intramolecular Hbond substituents is 1. The quantitative estimate of drug-likeness (QED) is 0.229. The molecule has 130 valence electrons. The number of aromatic hydroxyl groups is 1. The van der Waals surface area contributed by atoms with E-state index in [9.17, 15) is 9.90 Å². The van der Waals surface area contributed by atoms with Crippen LogP contribution in [0.5, 0.6) is 5.75 Å². The summed E-state index contributed by atoms with van der Waals surface area (Å²) in [5, 5.41) is 18.6. The lowest BCUT2D eigenvalue weighted by atomic mass is 10.2. The molecule has 0 saturated carbocycles. The number of phenols is 1. The fourth-order valence-corrected chi connectivity index (χ4v) is 1.81. The fourth-order valence-electron chi connectivity index (χ4n) is 1.81. The van der Waals surface area contributed by atoms with Crippen LogP contribution in [0.15, 0.2) is 29.3 Å². The fraction of sp³-hybridized carbons (Fsp3) is 0.500. The van der Waals surface area contributed by atoms with Crippen LogP contribution < -0.4 is 16.0 Å². The Morgan fingerprint density at radius 2 is 2.04 bits per heavy atom. The van der Waals surface area contributed by atoms with Gasteiger partial charge in [-0.1, -0.05) is 6.07 Å². The van der Waals surface area contributed by atoms with Crippen molar-refractivity contribution < 1.29 is 9.90 Å². The Morgan fingerprint density at radius 1 is 1.30 bits per heavy atom. The Labute approximate surface area is 155 Å². The third-order valence-electron chi connectivity index (χ3n) is 2.77. The number of aliphatic imine (C=N–C) groups is 1. The number of halogens is 1. The third kappa shape index (κ3) is 9.27. The largest absolute Gasteiger partial charge is 0.508 e. The van der Waals surface area contributed by atoms with E-state index in [4.69, 9.17) is 0 Å². The smallest absolute Gasteiger partial charge is 0.251 e. The number of amides is 1. The summed E-state index contributed by atoms with van der Waals surface area (Å²) < 4.78 is 0. The van der Waals surface area contributed by atoms with Crippen LogP contribution >= 0.6 is 24.0 Å². The van der Waals surface area contributed by atoms with Gasteiger partial charge in [0.1, 0.15) is 5.75 Å². The van der Waals surface area contributed by atoms with Gasteiger partial charge in [-0.2, -0.15) is 0 Å². The van der Waals surface area contributed by atoms with Crippen molar-refractivity contribution >= 4 is 35.8 Å². The molecule has 0 saturated heterocycles. The molecule has 0 aromatic heterocycles. The minimum Gasteiger partial charge on any atom is -0.508 e. The zero-order valence-corrected chi connectivity index (χ0v) is 16.3. The van der Waals surface area contributed by atoms with Crippen molar-refractivity contribution in [3.05, 3.63) is 29.8 Å². The summed E-state index contributed by atoms with van der Waals surface area (Å²) in [5.74, 6) is 0.691. The molecule has 1 aromatic rings. The Balaban J connectivity index is 0.00000484. The maximum Gasteiger partial charge on any atom is 0.251 e. The number of carbonyl (C=O) groups excluding carboxylic acids is 1. The summed E-state index contributed by atoms with van der Waals surface area (Å²) in [4.78, 5) is 16.3. The van der Waals surface area contributed by atoms with Crippen LogP contribution in [0.3, 0.4) is 0 Å². The average Bonchev–Trinajstić information content (AvgIpc) is 2.46. The third-order valence-corrected chi connectivity index (χ3v) is 2.77. The molecule has 4 N–H and O–H groups in total. The van der Waals surface area contributed by atoms with Crippen LogP contribution in [-0.2, 0) is 0 Å². The molecule has 1 aromatic carbocycles. The van der Waals surface area contributed by atoms with Crippen LogP contribution in [0, 0.1) is 0 Å². The minimum absolute atomic E-state index is 0. The van der Waals surface area contributed by atoms with Crippen molar-refractivity contribution in [2.45, 2.75) is 33.2 Å². The van der Waals surface area contributed by atoms with E-state index < -0.39 is 0 Å². The second-order valence-electron chi connectivity index (χ2n) is 5.22. The van der Waals surface area contributed by atoms with Crippen molar-refractivity contribution in [1.82, 2.24) is 16.0 Å². The molecule has 0 atom stereocenters. The first-order valence-electron chi connectivity index (χ1n) is 7.65. The van der Waals surface area contributed by atoms with E-state index >= 15 is 0 Å². The second-order valence-corrected chi connectivity index (χ2v) is 5.22. The van der Waals surface area contributed by atoms with E-state index in [2.05, 4.69) is 34.8 Å². The van der Waals surface area contributed by atoms with Gasteiger partial charge in [0.2, 0.25) is 0 Å². The van der Waals surface area contributed by atoms with Crippen LogP contribution in [0.2, 0.25) is 0 Å². The van der Waals surface area contributed by atoms with E-state index in [1.807, 2.05) is 6.92 Å². The number of carbonyl (C=O) groups is 1. The first kappa shape index (κ1) is 21.5. The molecule has 1 rings (SSSR count). The number of nitrogens with zero attached hydrogens (tertiary/aromatic N) is 1. The number of hydrogen-bond acceptors (Lipinski definition) is 3. The molecule has 1 amide bonds. The Bertz CT molecular complexity index is 507. The standard InChI is InChI=1S/C16H26N4O2.HI/c1-4-17-16(20-12(2)3)19-10-6-9-18-15(22)13-7-5-8-14(21)11-13;/h5,7-8,11-12,21H,4,6,9-10H2,1-3H3,(H,18,22)(H2,17,19,20);1H. The van der Waals surface area contributed by atoms with Gasteiger partial charge in [0, 0.05) is 31.2 Å². The summed E-state index contributed by atoms with van der Waals surface area (Å²) in [5.41, 5.74) is 0.457. The van der Waals surface area contributed by atoms with Gasteiger partial charge in [-0.25, -0.2) is 0 Å². The highest BCUT2D eigenvalue weighted by Gasteiger charge is 2.05. The summed E-state index contributed by atoms with van der Waals surface area (Å²) in [6, 6.07) is 6.62. The molecule has 7 heteroatoms. The maximum absolute atomic E-state index is 11.9. The van der Waals surface area contributed by atoms with Gasteiger partial charge in [-0.05, 0) is 45.4 Å². The molecule has 0 unspecified atom stereocenters. The lowest BCUT2D eigenvalue weighted by molar-refractivity contribution is 0.0953. The summed E-state index contributed by atoms with van der Waals surface area (Å²) in [6.07, 6.45) is 0.749. The monoisotopic (exact) mass is 434 g/mol.